The Hall–Kier alpha value is -3.74. The van der Waals surface area contributed by atoms with Crippen LogP contribution in [0.2, 0.25) is 0 Å². The number of hydrogen-bond acceptors (Lipinski definition) is 4. The highest BCUT2D eigenvalue weighted by atomic mass is 16.2. The number of aromatic nitrogens is 5. The van der Waals surface area contributed by atoms with Crippen LogP contribution in [0.3, 0.4) is 0 Å². The first-order chi connectivity index (χ1) is 15.5. The lowest BCUT2D eigenvalue weighted by atomic mass is 10.1. The fourth-order valence-corrected chi connectivity index (χ4v) is 4.41. The van der Waals surface area contributed by atoms with Gasteiger partial charge in [0.15, 0.2) is 5.69 Å². The van der Waals surface area contributed by atoms with Gasteiger partial charge in [-0.1, -0.05) is 35.9 Å². The molecule has 0 unspecified atom stereocenters. The van der Waals surface area contributed by atoms with Crippen molar-refractivity contribution in [2.45, 2.75) is 46.6 Å². The number of carbonyl (C=O) groups excluding carboxylic acids is 1. The number of benzene rings is 2. The Morgan fingerprint density at radius 1 is 1.00 bits per heavy atom. The van der Waals surface area contributed by atoms with Crippen LogP contribution < -0.4 is 5.32 Å². The van der Waals surface area contributed by atoms with Crippen molar-refractivity contribution in [2.24, 2.45) is 0 Å². The molecule has 0 spiro atoms. The predicted molar refractivity (Wildman–Crippen MR) is 122 cm³/mol. The van der Waals surface area contributed by atoms with Crippen LogP contribution in [0, 0.1) is 20.8 Å². The molecule has 0 bridgehead atoms. The van der Waals surface area contributed by atoms with Crippen molar-refractivity contribution in [3.8, 4) is 11.4 Å². The molecule has 2 aromatic carbocycles. The summed E-state index contributed by atoms with van der Waals surface area (Å²) in [5, 5.41) is 16.8. The molecule has 2 aromatic heterocycles. The van der Waals surface area contributed by atoms with Crippen molar-refractivity contribution in [1.82, 2.24) is 30.1 Å². The third kappa shape index (κ3) is 3.60. The lowest BCUT2D eigenvalue weighted by Crippen LogP contribution is -2.25. The molecule has 0 saturated carbocycles. The lowest BCUT2D eigenvalue weighted by molar-refractivity contribution is 0.0944. The molecule has 4 aromatic rings. The minimum atomic E-state index is -0.237. The summed E-state index contributed by atoms with van der Waals surface area (Å²) in [5.74, 6) is -0.237. The number of amides is 1. The van der Waals surface area contributed by atoms with Crippen LogP contribution in [-0.2, 0) is 19.4 Å². The van der Waals surface area contributed by atoms with E-state index in [2.05, 4.69) is 33.7 Å². The Morgan fingerprint density at radius 2 is 1.81 bits per heavy atom. The van der Waals surface area contributed by atoms with Gasteiger partial charge in [-0.2, -0.15) is 15.0 Å². The summed E-state index contributed by atoms with van der Waals surface area (Å²) in [6.45, 7) is 6.25. The number of nitrogens with zero attached hydrogens (tertiary/aromatic N) is 5. The lowest BCUT2D eigenvalue weighted by Gasteiger charge is -2.05. The van der Waals surface area contributed by atoms with Crippen molar-refractivity contribution < 1.29 is 4.79 Å². The topological polar surface area (TPSA) is 77.6 Å². The van der Waals surface area contributed by atoms with Crippen molar-refractivity contribution in [2.75, 3.05) is 0 Å². The highest BCUT2D eigenvalue weighted by Gasteiger charge is 2.24. The first-order valence-corrected chi connectivity index (χ1v) is 11.0. The standard InChI is InChI=1S/C25H26N6O/c1-16-12-13-22(17(2)14-16)31-27-18(3)24(29-31)25(32)26-15-21-20-10-7-11-23(20)30(28-21)19-8-5-4-6-9-19/h4-6,8-9,12-14H,7,10-11,15H2,1-3H3,(H,26,32). The molecule has 0 radical (unpaired) electrons. The van der Waals surface area contributed by atoms with E-state index in [1.165, 1.54) is 16.8 Å². The fraction of sp³-hybridized carbons (Fsp3) is 0.280. The Labute approximate surface area is 187 Å². The zero-order valence-corrected chi connectivity index (χ0v) is 18.6. The molecule has 0 atom stereocenters. The first kappa shape index (κ1) is 20.2. The Kier molecular flexibility index (Phi) is 5.09. The third-order valence-electron chi connectivity index (χ3n) is 6.00. The van der Waals surface area contributed by atoms with E-state index in [-0.39, 0.29) is 5.91 Å². The third-order valence-corrected chi connectivity index (χ3v) is 6.00. The van der Waals surface area contributed by atoms with Crippen LogP contribution in [0.25, 0.3) is 11.4 Å². The van der Waals surface area contributed by atoms with E-state index >= 15 is 0 Å². The highest BCUT2D eigenvalue weighted by molar-refractivity contribution is 5.93. The second-order valence-corrected chi connectivity index (χ2v) is 8.37. The number of hydrogen-bond donors (Lipinski definition) is 1. The first-order valence-electron chi connectivity index (χ1n) is 11.0. The van der Waals surface area contributed by atoms with Crippen LogP contribution in [0.5, 0.6) is 0 Å². The van der Waals surface area contributed by atoms with E-state index in [0.29, 0.717) is 17.9 Å². The maximum absolute atomic E-state index is 12.9. The van der Waals surface area contributed by atoms with Crippen molar-refractivity contribution in [1.29, 1.82) is 0 Å². The Bertz CT molecular complexity index is 1300. The summed E-state index contributed by atoms with van der Waals surface area (Å²) in [7, 11) is 0. The molecule has 1 aliphatic rings. The van der Waals surface area contributed by atoms with E-state index in [1.807, 2.05) is 55.8 Å². The van der Waals surface area contributed by atoms with E-state index in [0.717, 1.165) is 41.9 Å². The number of aryl methyl sites for hydroxylation is 3. The molecule has 0 saturated heterocycles. The zero-order valence-electron chi connectivity index (χ0n) is 18.6. The normalized spacial score (nSPS) is 12.7. The number of rotatable bonds is 5. The molecule has 0 fully saturated rings. The molecule has 5 rings (SSSR count). The Morgan fingerprint density at radius 3 is 2.59 bits per heavy atom. The largest absolute Gasteiger partial charge is 0.345 e. The number of fused-ring (bicyclic) bond motifs is 1. The molecule has 7 nitrogen and oxygen atoms in total. The average molecular weight is 427 g/mol. The molecule has 1 amide bonds. The van der Waals surface area contributed by atoms with Crippen LogP contribution in [-0.4, -0.2) is 30.7 Å². The molecule has 2 heterocycles. The second-order valence-electron chi connectivity index (χ2n) is 8.37. The van der Waals surface area contributed by atoms with Gasteiger partial charge in [-0.3, -0.25) is 4.79 Å². The predicted octanol–water partition coefficient (Wildman–Crippen LogP) is 3.80. The smallest absolute Gasteiger partial charge is 0.274 e. The summed E-state index contributed by atoms with van der Waals surface area (Å²) in [5.41, 5.74) is 8.53. The molecular weight excluding hydrogens is 400 g/mol. The van der Waals surface area contributed by atoms with E-state index in [9.17, 15) is 4.79 Å². The summed E-state index contributed by atoms with van der Waals surface area (Å²) in [6, 6.07) is 16.2. The minimum Gasteiger partial charge on any atom is -0.345 e. The van der Waals surface area contributed by atoms with Gasteiger partial charge in [-0.15, -0.1) is 5.10 Å². The summed E-state index contributed by atoms with van der Waals surface area (Å²) >= 11 is 0. The van der Waals surface area contributed by atoms with E-state index in [1.54, 1.807) is 4.80 Å². The van der Waals surface area contributed by atoms with Crippen LogP contribution in [0.1, 0.15) is 50.7 Å². The van der Waals surface area contributed by atoms with E-state index < -0.39 is 0 Å². The van der Waals surface area contributed by atoms with Gasteiger partial charge in [0.1, 0.15) is 0 Å². The van der Waals surface area contributed by atoms with Crippen LogP contribution in [0.4, 0.5) is 0 Å². The summed E-state index contributed by atoms with van der Waals surface area (Å²) in [6.07, 6.45) is 3.12. The van der Waals surface area contributed by atoms with Gasteiger partial charge in [0.2, 0.25) is 0 Å². The fourth-order valence-electron chi connectivity index (χ4n) is 4.41. The molecular formula is C25H26N6O. The molecule has 7 heteroatoms. The number of nitrogens with one attached hydrogen (secondary N) is 1. The molecule has 0 aliphatic heterocycles. The molecule has 162 valence electrons. The van der Waals surface area contributed by atoms with Gasteiger partial charge in [-0.05, 0) is 69.4 Å². The SMILES string of the molecule is Cc1ccc(-n2nc(C)c(C(=O)NCc3nn(-c4ccccc4)c4c3CCC4)n2)c(C)c1. The Balaban J connectivity index is 1.37. The van der Waals surface area contributed by atoms with Gasteiger partial charge in [0.25, 0.3) is 5.91 Å². The van der Waals surface area contributed by atoms with Gasteiger partial charge >= 0.3 is 0 Å². The van der Waals surface area contributed by atoms with Crippen LogP contribution in [0.15, 0.2) is 48.5 Å². The summed E-state index contributed by atoms with van der Waals surface area (Å²) in [4.78, 5) is 14.5. The number of para-hydroxylation sites is 1. The van der Waals surface area contributed by atoms with Gasteiger partial charge in [-0.25, -0.2) is 4.68 Å². The minimum absolute atomic E-state index is 0.237. The van der Waals surface area contributed by atoms with Gasteiger partial charge in [0, 0.05) is 5.69 Å². The maximum atomic E-state index is 12.9. The van der Waals surface area contributed by atoms with Crippen molar-refractivity contribution in [3.05, 3.63) is 88.0 Å². The molecule has 32 heavy (non-hydrogen) atoms. The monoisotopic (exact) mass is 426 g/mol. The second kappa shape index (κ2) is 8.07. The zero-order chi connectivity index (χ0) is 22.2. The molecule has 1 N–H and O–H groups in total. The van der Waals surface area contributed by atoms with Crippen molar-refractivity contribution in [3.63, 3.8) is 0 Å². The molecule has 1 aliphatic carbocycles. The van der Waals surface area contributed by atoms with Crippen molar-refractivity contribution >= 4 is 5.91 Å². The van der Waals surface area contributed by atoms with E-state index in [4.69, 9.17) is 5.10 Å². The van der Waals surface area contributed by atoms with Gasteiger partial charge < -0.3 is 5.32 Å². The van der Waals surface area contributed by atoms with Crippen LogP contribution >= 0.6 is 0 Å². The maximum Gasteiger partial charge on any atom is 0.274 e. The number of carbonyl (C=O) groups is 1. The quantitative estimate of drug-likeness (QED) is 0.527. The summed E-state index contributed by atoms with van der Waals surface area (Å²) < 4.78 is 2.02. The van der Waals surface area contributed by atoms with Gasteiger partial charge in [0.05, 0.1) is 29.3 Å². The average Bonchev–Trinajstić information content (AvgIpc) is 3.48. The highest BCUT2D eigenvalue weighted by Crippen LogP contribution is 2.27.